The van der Waals surface area contributed by atoms with Gasteiger partial charge in [-0.15, -0.1) is 0 Å². The van der Waals surface area contributed by atoms with Crippen molar-refractivity contribution >= 4 is 30.9 Å². The molecule has 0 saturated carbocycles. The summed E-state index contributed by atoms with van der Waals surface area (Å²) in [6.07, 6.45) is 35.7. The molecule has 0 aliphatic heterocycles. The Labute approximate surface area is 401 Å². The molecule has 0 saturated heterocycles. The zero-order valence-corrected chi connectivity index (χ0v) is 43.9. The second kappa shape index (κ2) is 47.4. The Bertz CT molecular complexity index is 1230. The predicted molar refractivity (Wildman–Crippen MR) is 226 cm³/mol. The number of hydrogen-bond acceptors (Lipinski definition) is 11. The number of hydrogen-bond donors (Lipinski definition) is 0. The van der Waals surface area contributed by atoms with E-state index in [1.165, 1.54) is 141 Å². The standard InChI is InChI=1S/C18H30O3S.2C12H26O4S.2Na/c1-2-3-4-5-6-7-8-9-10-14-17-21-22(19,20)18-15-12-11-13-16-18;2*1-2-3-4-5-6-7-8-9-10-11-12-16-17(13,14)15;;/h11-13,15-16H,2-10,14,17H2,1H3;2*2-12H2,1H3,(H,13,14,15);;/q;;;2*+1/p-2. The fourth-order valence-electron chi connectivity index (χ4n) is 5.91. The van der Waals surface area contributed by atoms with Crippen LogP contribution in [0.15, 0.2) is 35.2 Å². The fraction of sp³-hybridized carbons (Fsp3) is 0.857. The summed E-state index contributed by atoms with van der Waals surface area (Å²) in [5.41, 5.74) is 0. The van der Waals surface area contributed by atoms with Gasteiger partial charge in [-0.2, -0.15) is 8.42 Å². The Morgan fingerprint density at radius 1 is 0.362 bits per heavy atom. The van der Waals surface area contributed by atoms with Gasteiger partial charge in [0.05, 0.1) is 24.7 Å². The Balaban J connectivity index is -0.000000376. The van der Waals surface area contributed by atoms with Crippen molar-refractivity contribution in [2.75, 3.05) is 19.8 Å². The van der Waals surface area contributed by atoms with Gasteiger partial charge in [-0.3, -0.25) is 12.5 Å². The first kappa shape index (κ1) is 65.5. The maximum absolute atomic E-state index is 11.9. The number of rotatable bonds is 37. The molecule has 0 amide bonds. The van der Waals surface area contributed by atoms with E-state index in [4.69, 9.17) is 4.18 Å². The van der Waals surface area contributed by atoms with Crippen molar-refractivity contribution in [3.8, 4) is 0 Å². The van der Waals surface area contributed by atoms with E-state index in [1.54, 1.807) is 30.3 Å². The molecule has 0 bridgehead atoms. The zero-order valence-electron chi connectivity index (χ0n) is 37.4. The molecule has 58 heavy (non-hydrogen) atoms. The van der Waals surface area contributed by atoms with Crippen LogP contribution in [0, 0.1) is 0 Å². The van der Waals surface area contributed by atoms with E-state index in [1.807, 2.05) is 0 Å². The van der Waals surface area contributed by atoms with Gasteiger partial charge in [-0.1, -0.05) is 212 Å². The molecule has 0 radical (unpaired) electrons. The molecular weight excluding hydrogens is 823 g/mol. The minimum absolute atomic E-state index is 0. The fourth-order valence-corrected chi connectivity index (χ4v) is 7.52. The van der Waals surface area contributed by atoms with Gasteiger partial charge in [-0.25, -0.2) is 16.8 Å². The normalized spacial score (nSPS) is 11.4. The molecule has 1 rings (SSSR count). The summed E-state index contributed by atoms with van der Waals surface area (Å²) < 4.78 is 97.7. The van der Waals surface area contributed by atoms with Crippen molar-refractivity contribution in [3.05, 3.63) is 30.3 Å². The Morgan fingerprint density at radius 3 is 0.828 bits per heavy atom. The average Bonchev–Trinajstić information content (AvgIpc) is 3.15. The summed E-state index contributed by atoms with van der Waals surface area (Å²) in [5.74, 6) is 0. The van der Waals surface area contributed by atoms with Gasteiger partial charge in [0.2, 0.25) is 20.8 Å². The van der Waals surface area contributed by atoms with Crippen LogP contribution in [0.1, 0.15) is 213 Å². The van der Waals surface area contributed by atoms with Gasteiger partial charge >= 0.3 is 59.1 Å². The molecule has 0 fully saturated rings. The van der Waals surface area contributed by atoms with Crippen LogP contribution in [-0.4, -0.2) is 54.2 Å². The van der Waals surface area contributed by atoms with Crippen LogP contribution in [0.2, 0.25) is 0 Å². The van der Waals surface area contributed by atoms with Gasteiger partial charge in [-0.05, 0) is 31.4 Å². The van der Waals surface area contributed by atoms with Crippen LogP contribution < -0.4 is 59.1 Å². The van der Waals surface area contributed by atoms with Crippen LogP contribution in [0.25, 0.3) is 0 Å². The van der Waals surface area contributed by atoms with Crippen molar-refractivity contribution in [2.24, 2.45) is 0 Å². The SMILES string of the molecule is CCCCCCCCCCCCOS(=O)(=O)[O-].CCCCCCCCCCCCOS(=O)(=O)[O-].CCCCCCCCCCCCOS(=O)(=O)c1ccccc1.[Na+].[Na+]. The van der Waals surface area contributed by atoms with Gasteiger partial charge < -0.3 is 9.11 Å². The van der Waals surface area contributed by atoms with E-state index in [9.17, 15) is 34.4 Å². The van der Waals surface area contributed by atoms with Crippen LogP contribution >= 0.6 is 0 Å². The second-order valence-electron chi connectivity index (χ2n) is 14.6. The predicted octanol–water partition coefficient (Wildman–Crippen LogP) is 6.09. The smallest absolute Gasteiger partial charge is 0.726 e. The monoisotopic (exact) mass is 902 g/mol. The topological polar surface area (TPSA) is 176 Å². The van der Waals surface area contributed by atoms with Crippen molar-refractivity contribution in [2.45, 2.75) is 218 Å². The second-order valence-corrected chi connectivity index (χ2v) is 18.3. The van der Waals surface area contributed by atoms with Gasteiger partial charge in [0.25, 0.3) is 10.1 Å². The van der Waals surface area contributed by atoms with Gasteiger partial charge in [0, 0.05) is 0 Å². The molecule has 0 aliphatic rings. The molecular formula is C42H80Na2O11S3. The van der Waals surface area contributed by atoms with Crippen molar-refractivity contribution in [1.29, 1.82) is 0 Å². The van der Waals surface area contributed by atoms with Crippen molar-refractivity contribution in [1.82, 2.24) is 0 Å². The molecule has 0 aromatic heterocycles. The first-order chi connectivity index (χ1) is 26.8. The van der Waals surface area contributed by atoms with E-state index in [0.717, 1.165) is 38.5 Å². The van der Waals surface area contributed by atoms with Crippen LogP contribution in [-0.2, 0) is 43.5 Å². The average molecular weight is 903 g/mol. The molecule has 11 nitrogen and oxygen atoms in total. The third-order valence-corrected chi connectivity index (χ3v) is 11.5. The summed E-state index contributed by atoms with van der Waals surface area (Å²) in [5, 5.41) is 0. The summed E-state index contributed by atoms with van der Waals surface area (Å²) >= 11 is 0. The molecule has 0 unspecified atom stereocenters. The summed E-state index contributed by atoms with van der Waals surface area (Å²) in [4.78, 5) is 0.238. The van der Waals surface area contributed by atoms with E-state index < -0.39 is 30.9 Å². The summed E-state index contributed by atoms with van der Waals surface area (Å²) in [7, 11) is -12.5. The molecule has 1 aromatic carbocycles. The zero-order chi connectivity index (χ0) is 42.1. The minimum atomic E-state index is -4.48. The summed E-state index contributed by atoms with van der Waals surface area (Å²) in [6.45, 7) is 7.01. The quantitative estimate of drug-likeness (QED) is 0.0249. The van der Waals surface area contributed by atoms with E-state index in [2.05, 4.69) is 29.1 Å². The van der Waals surface area contributed by atoms with E-state index >= 15 is 0 Å². The Morgan fingerprint density at radius 2 is 0.586 bits per heavy atom. The molecule has 334 valence electrons. The first-order valence-corrected chi connectivity index (χ1v) is 26.0. The first-order valence-electron chi connectivity index (χ1n) is 21.9. The third kappa shape index (κ3) is 54.9. The maximum Gasteiger partial charge on any atom is 1.00 e. The summed E-state index contributed by atoms with van der Waals surface area (Å²) in [6, 6.07) is 8.33. The van der Waals surface area contributed by atoms with Gasteiger partial charge in [0.15, 0.2) is 0 Å². The van der Waals surface area contributed by atoms with Crippen molar-refractivity contribution in [3.63, 3.8) is 0 Å². The molecule has 1 aromatic rings. The number of benzene rings is 1. The molecule has 0 aliphatic carbocycles. The van der Waals surface area contributed by atoms with E-state index in [0.29, 0.717) is 12.8 Å². The molecule has 0 atom stereocenters. The maximum atomic E-state index is 11.9. The molecule has 16 heteroatoms. The molecule has 0 heterocycles. The minimum Gasteiger partial charge on any atom is -0.726 e. The van der Waals surface area contributed by atoms with Crippen molar-refractivity contribution < 1.29 is 106 Å². The van der Waals surface area contributed by atoms with Gasteiger partial charge in [0.1, 0.15) is 0 Å². The third-order valence-electron chi connectivity index (χ3n) is 9.22. The van der Waals surface area contributed by atoms with Crippen LogP contribution in [0.4, 0.5) is 0 Å². The molecule has 0 spiro atoms. The number of unbranched alkanes of at least 4 members (excludes halogenated alkanes) is 27. The van der Waals surface area contributed by atoms with Crippen LogP contribution in [0.5, 0.6) is 0 Å². The van der Waals surface area contributed by atoms with Crippen LogP contribution in [0.3, 0.4) is 0 Å². The largest absolute Gasteiger partial charge is 1.00 e. The Hall–Kier alpha value is 0.870. The molecule has 0 N–H and O–H groups in total. The van der Waals surface area contributed by atoms with E-state index in [-0.39, 0.29) is 83.8 Å². The Kier molecular flexibility index (Phi) is 53.5.